The first kappa shape index (κ1) is 25.8. The number of benzene rings is 1. The third kappa shape index (κ3) is 5.99. The molecule has 10 heteroatoms. The molecule has 184 valence electrons. The first-order valence-electron chi connectivity index (χ1n) is 11.3. The number of carbonyl (C=O) groups excluding carboxylic acids is 3. The van der Waals surface area contributed by atoms with Gasteiger partial charge in [0.05, 0.1) is 28.7 Å². The Morgan fingerprint density at radius 3 is 2.50 bits per heavy atom. The van der Waals surface area contributed by atoms with Crippen molar-refractivity contribution in [2.75, 3.05) is 13.1 Å². The Bertz CT molecular complexity index is 1030. The summed E-state index contributed by atoms with van der Waals surface area (Å²) in [6, 6.07) is 6.18. The SMILES string of the molecule is Cc1ncsc1-c1ccc(CNC(=O)C2CC(O)CN2C(=O)[C@@H](NC(=O)CN)C(C)(C)C)cc1. The number of nitrogens with two attached hydrogens (primary N) is 1. The second kappa shape index (κ2) is 10.6. The molecule has 9 nitrogen and oxygen atoms in total. The number of nitrogens with zero attached hydrogens (tertiary/aromatic N) is 2. The molecule has 34 heavy (non-hydrogen) atoms. The average Bonchev–Trinajstić information content (AvgIpc) is 3.40. The van der Waals surface area contributed by atoms with Crippen molar-refractivity contribution in [3.63, 3.8) is 0 Å². The standard InChI is InChI=1S/C24H33N5O4S/c1-14-20(34-13-27-14)16-7-5-15(6-8-16)11-26-22(32)18-9-17(30)12-29(18)23(33)21(24(2,3)4)28-19(31)10-25/h5-8,13,17-18,21,30H,9-12,25H2,1-4H3,(H,26,32)(H,28,31)/t17?,18?,21-/m1/s1. The lowest BCUT2D eigenvalue weighted by atomic mass is 9.85. The highest BCUT2D eigenvalue weighted by Crippen LogP contribution is 2.28. The fourth-order valence-corrected chi connectivity index (χ4v) is 4.81. The van der Waals surface area contributed by atoms with E-state index in [4.69, 9.17) is 5.73 Å². The van der Waals surface area contributed by atoms with Crippen LogP contribution in [0.4, 0.5) is 0 Å². The van der Waals surface area contributed by atoms with Gasteiger partial charge in [-0.1, -0.05) is 45.0 Å². The Morgan fingerprint density at radius 1 is 1.26 bits per heavy atom. The summed E-state index contributed by atoms with van der Waals surface area (Å²) < 4.78 is 0. The van der Waals surface area contributed by atoms with Gasteiger partial charge < -0.3 is 26.4 Å². The number of hydrogen-bond donors (Lipinski definition) is 4. The molecule has 0 saturated carbocycles. The number of nitrogens with one attached hydrogen (secondary N) is 2. The third-order valence-corrected chi connectivity index (χ3v) is 6.87. The number of thiazole rings is 1. The Hall–Kier alpha value is -2.82. The zero-order chi connectivity index (χ0) is 25.0. The lowest BCUT2D eigenvalue weighted by Gasteiger charge is -2.35. The number of amides is 3. The lowest BCUT2D eigenvalue weighted by molar-refractivity contribution is -0.143. The second-order valence-corrected chi connectivity index (χ2v) is 10.5. The fraction of sp³-hybridized carbons (Fsp3) is 0.500. The van der Waals surface area contributed by atoms with E-state index in [-0.39, 0.29) is 25.4 Å². The van der Waals surface area contributed by atoms with Gasteiger partial charge in [0, 0.05) is 19.5 Å². The molecule has 3 amide bonds. The maximum Gasteiger partial charge on any atom is 0.246 e. The first-order valence-corrected chi connectivity index (χ1v) is 12.1. The van der Waals surface area contributed by atoms with Crippen LogP contribution in [-0.4, -0.2) is 64.0 Å². The molecule has 1 aromatic heterocycles. The number of carbonyl (C=O) groups is 3. The minimum absolute atomic E-state index is 0.0326. The average molecular weight is 488 g/mol. The zero-order valence-electron chi connectivity index (χ0n) is 20.0. The fourth-order valence-electron chi connectivity index (χ4n) is 4.00. The van der Waals surface area contributed by atoms with E-state index < -0.39 is 35.4 Å². The first-order chi connectivity index (χ1) is 16.0. The number of aliphatic hydroxyl groups excluding tert-OH is 1. The molecule has 1 aliphatic heterocycles. The van der Waals surface area contributed by atoms with Crippen LogP contribution in [-0.2, 0) is 20.9 Å². The minimum Gasteiger partial charge on any atom is -0.391 e. The number of aryl methyl sites for hydroxylation is 1. The van der Waals surface area contributed by atoms with Crippen LogP contribution in [0.3, 0.4) is 0 Å². The Morgan fingerprint density at radius 2 is 1.94 bits per heavy atom. The molecular weight excluding hydrogens is 454 g/mol. The highest BCUT2D eigenvalue weighted by molar-refractivity contribution is 7.13. The number of aromatic nitrogens is 1. The van der Waals surface area contributed by atoms with Crippen molar-refractivity contribution in [1.82, 2.24) is 20.5 Å². The topological polar surface area (TPSA) is 138 Å². The van der Waals surface area contributed by atoms with Crippen molar-refractivity contribution in [2.45, 2.75) is 58.8 Å². The summed E-state index contributed by atoms with van der Waals surface area (Å²) in [5, 5.41) is 15.8. The summed E-state index contributed by atoms with van der Waals surface area (Å²) in [6.07, 6.45) is -0.671. The van der Waals surface area contributed by atoms with Gasteiger partial charge in [0.25, 0.3) is 0 Å². The molecule has 2 aromatic rings. The highest BCUT2D eigenvalue weighted by Gasteiger charge is 2.44. The van der Waals surface area contributed by atoms with E-state index in [0.29, 0.717) is 6.54 Å². The van der Waals surface area contributed by atoms with Gasteiger partial charge in [0.1, 0.15) is 12.1 Å². The number of hydrogen-bond acceptors (Lipinski definition) is 7. The molecule has 2 unspecified atom stereocenters. The molecular formula is C24H33N5O4S. The Kier molecular flexibility index (Phi) is 8.06. The van der Waals surface area contributed by atoms with Crippen LogP contribution in [0.15, 0.2) is 29.8 Å². The van der Waals surface area contributed by atoms with E-state index in [1.807, 2.05) is 57.5 Å². The number of β-amino-alcohol motifs (C(OH)–C–C–N with tert-alkyl or cyclic N) is 1. The zero-order valence-corrected chi connectivity index (χ0v) is 20.8. The number of aliphatic hydroxyl groups is 1. The molecule has 1 saturated heterocycles. The second-order valence-electron chi connectivity index (χ2n) is 9.65. The molecule has 1 fully saturated rings. The Balaban J connectivity index is 1.67. The van der Waals surface area contributed by atoms with Gasteiger partial charge in [-0.2, -0.15) is 0 Å². The maximum absolute atomic E-state index is 13.3. The smallest absolute Gasteiger partial charge is 0.246 e. The van der Waals surface area contributed by atoms with Crippen LogP contribution in [0.5, 0.6) is 0 Å². The van der Waals surface area contributed by atoms with Crippen LogP contribution in [0, 0.1) is 12.3 Å². The van der Waals surface area contributed by atoms with Gasteiger partial charge in [-0.05, 0) is 23.5 Å². The van der Waals surface area contributed by atoms with Crippen molar-refractivity contribution in [1.29, 1.82) is 0 Å². The monoisotopic (exact) mass is 487 g/mol. The summed E-state index contributed by atoms with van der Waals surface area (Å²) in [4.78, 5) is 45.0. The van der Waals surface area contributed by atoms with E-state index in [9.17, 15) is 19.5 Å². The summed E-state index contributed by atoms with van der Waals surface area (Å²) in [6.45, 7) is 7.53. The molecule has 1 aliphatic rings. The van der Waals surface area contributed by atoms with Gasteiger partial charge in [-0.25, -0.2) is 4.98 Å². The highest BCUT2D eigenvalue weighted by atomic mass is 32.1. The van der Waals surface area contributed by atoms with Gasteiger partial charge in [-0.3, -0.25) is 14.4 Å². The predicted molar refractivity (Wildman–Crippen MR) is 131 cm³/mol. The van der Waals surface area contributed by atoms with E-state index in [0.717, 1.165) is 21.7 Å². The van der Waals surface area contributed by atoms with Crippen molar-refractivity contribution in [2.24, 2.45) is 11.1 Å². The Labute approximate surface area is 203 Å². The minimum atomic E-state index is -0.869. The molecule has 0 spiro atoms. The van der Waals surface area contributed by atoms with Gasteiger partial charge in [0.15, 0.2) is 0 Å². The van der Waals surface area contributed by atoms with Crippen LogP contribution in [0.25, 0.3) is 10.4 Å². The summed E-state index contributed by atoms with van der Waals surface area (Å²) >= 11 is 1.58. The molecule has 5 N–H and O–H groups in total. The predicted octanol–water partition coefficient (Wildman–Crippen LogP) is 1.19. The molecule has 1 aromatic carbocycles. The van der Waals surface area contributed by atoms with Gasteiger partial charge in [-0.15, -0.1) is 11.3 Å². The lowest BCUT2D eigenvalue weighted by Crippen LogP contribution is -2.58. The number of rotatable bonds is 7. The third-order valence-electron chi connectivity index (χ3n) is 5.90. The van der Waals surface area contributed by atoms with Crippen molar-refractivity contribution >= 4 is 29.1 Å². The van der Waals surface area contributed by atoms with Crippen LogP contribution in [0.1, 0.15) is 38.4 Å². The summed E-state index contributed by atoms with van der Waals surface area (Å²) in [5.41, 5.74) is 9.58. The summed E-state index contributed by atoms with van der Waals surface area (Å²) in [7, 11) is 0. The molecule has 0 bridgehead atoms. The quantitative estimate of drug-likeness (QED) is 0.463. The maximum atomic E-state index is 13.3. The van der Waals surface area contributed by atoms with Crippen LogP contribution in [0.2, 0.25) is 0 Å². The van der Waals surface area contributed by atoms with E-state index in [2.05, 4.69) is 15.6 Å². The molecule has 0 radical (unpaired) electrons. The largest absolute Gasteiger partial charge is 0.391 e. The van der Waals surface area contributed by atoms with Gasteiger partial charge >= 0.3 is 0 Å². The van der Waals surface area contributed by atoms with Crippen molar-refractivity contribution in [3.05, 3.63) is 41.0 Å². The van der Waals surface area contributed by atoms with Gasteiger partial charge in [0.2, 0.25) is 17.7 Å². The molecule has 0 aliphatic carbocycles. The summed E-state index contributed by atoms with van der Waals surface area (Å²) in [5.74, 6) is -1.20. The van der Waals surface area contributed by atoms with Crippen molar-refractivity contribution in [3.8, 4) is 10.4 Å². The van der Waals surface area contributed by atoms with Crippen LogP contribution >= 0.6 is 11.3 Å². The molecule has 3 atom stereocenters. The number of likely N-dealkylation sites (tertiary alicyclic amines) is 1. The van der Waals surface area contributed by atoms with E-state index in [1.165, 1.54) is 4.90 Å². The van der Waals surface area contributed by atoms with Crippen LogP contribution < -0.4 is 16.4 Å². The normalized spacial score (nSPS) is 19.1. The van der Waals surface area contributed by atoms with Crippen molar-refractivity contribution < 1.29 is 19.5 Å². The van der Waals surface area contributed by atoms with E-state index in [1.54, 1.807) is 11.3 Å². The molecule has 2 heterocycles. The molecule has 3 rings (SSSR count). The van der Waals surface area contributed by atoms with E-state index >= 15 is 0 Å².